The SMILES string of the molecule is Cc1cc(CN2CN(C34c5ccccc5CC3Cc3ccccc34)n3ccc(=O)c(O)c3C2=O)no1. The Morgan fingerprint density at radius 2 is 1.69 bits per heavy atom. The lowest BCUT2D eigenvalue weighted by Crippen LogP contribution is -2.63. The van der Waals surface area contributed by atoms with Crippen LogP contribution in [0.4, 0.5) is 0 Å². The number of rotatable bonds is 3. The maximum atomic E-state index is 13.7. The summed E-state index contributed by atoms with van der Waals surface area (Å²) in [4.78, 5) is 27.8. The highest BCUT2D eigenvalue weighted by molar-refractivity contribution is 5.96. The molecule has 1 aliphatic heterocycles. The lowest BCUT2D eigenvalue weighted by atomic mass is 9.81. The molecule has 7 rings (SSSR count). The Hall–Kier alpha value is -4.33. The summed E-state index contributed by atoms with van der Waals surface area (Å²) in [6, 6.07) is 20.0. The first-order chi connectivity index (χ1) is 17.5. The average Bonchev–Trinajstić information content (AvgIpc) is 3.53. The summed E-state index contributed by atoms with van der Waals surface area (Å²) >= 11 is 0. The van der Waals surface area contributed by atoms with Crippen molar-refractivity contribution in [2.24, 2.45) is 5.92 Å². The third-order valence-corrected chi connectivity index (χ3v) is 7.92. The number of nitrogens with zero attached hydrogens (tertiary/aromatic N) is 4. The van der Waals surface area contributed by atoms with Crippen molar-refractivity contribution in [3.8, 4) is 5.75 Å². The molecule has 1 amide bonds. The molecule has 8 nitrogen and oxygen atoms in total. The van der Waals surface area contributed by atoms with Gasteiger partial charge in [0, 0.05) is 24.2 Å². The van der Waals surface area contributed by atoms with Gasteiger partial charge in [-0.2, -0.15) is 0 Å². The van der Waals surface area contributed by atoms with Crippen molar-refractivity contribution in [2.75, 3.05) is 11.7 Å². The summed E-state index contributed by atoms with van der Waals surface area (Å²) in [5.74, 6) is -0.0865. The van der Waals surface area contributed by atoms with Gasteiger partial charge in [0.25, 0.3) is 5.91 Å². The van der Waals surface area contributed by atoms with Gasteiger partial charge >= 0.3 is 0 Å². The first-order valence-electron chi connectivity index (χ1n) is 12.1. The van der Waals surface area contributed by atoms with Gasteiger partial charge in [-0.1, -0.05) is 53.7 Å². The van der Waals surface area contributed by atoms with Crippen LogP contribution in [-0.2, 0) is 24.9 Å². The van der Waals surface area contributed by atoms with Crippen molar-refractivity contribution in [1.82, 2.24) is 14.7 Å². The van der Waals surface area contributed by atoms with Crippen molar-refractivity contribution in [3.63, 3.8) is 0 Å². The first kappa shape index (κ1) is 21.0. The van der Waals surface area contributed by atoms with Crippen LogP contribution < -0.4 is 10.4 Å². The predicted molar refractivity (Wildman–Crippen MR) is 131 cm³/mol. The van der Waals surface area contributed by atoms with E-state index in [2.05, 4.69) is 58.7 Å². The zero-order chi connectivity index (χ0) is 24.6. The number of fused-ring (bicyclic) bond motifs is 6. The minimum atomic E-state index is -0.582. The fraction of sp³-hybridized carbons (Fsp3) is 0.250. The van der Waals surface area contributed by atoms with Gasteiger partial charge in [-0.25, -0.2) is 0 Å². The lowest BCUT2D eigenvalue weighted by molar-refractivity contribution is 0.0626. The van der Waals surface area contributed by atoms with E-state index in [1.54, 1.807) is 28.8 Å². The van der Waals surface area contributed by atoms with E-state index in [0.29, 0.717) is 11.5 Å². The monoisotopic (exact) mass is 480 g/mol. The van der Waals surface area contributed by atoms with Crippen LogP contribution in [0.25, 0.3) is 0 Å². The molecule has 36 heavy (non-hydrogen) atoms. The molecule has 2 aromatic heterocycles. The van der Waals surface area contributed by atoms with Crippen LogP contribution in [0.15, 0.2) is 76.2 Å². The van der Waals surface area contributed by atoms with Crippen LogP contribution in [0, 0.1) is 12.8 Å². The van der Waals surface area contributed by atoms with E-state index < -0.39 is 22.6 Å². The van der Waals surface area contributed by atoms with Gasteiger partial charge in [0.2, 0.25) is 5.43 Å². The Morgan fingerprint density at radius 3 is 2.33 bits per heavy atom. The van der Waals surface area contributed by atoms with Crippen molar-refractivity contribution in [2.45, 2.75) is 31.8 Å². The van der Waals surface area contributed by atoms with Crippen LogP contribution in [0.3, 0.4) is 0 Å². The van der Waals surface area contributed by atoms with Crippen molar-refractivity contribution in [3.05, 3.63) is 116 Å². The Kier molecular flexibility index (Phi) is 4.28. The molecule has 0 bridgehead atoms. The van der Waals surface area contributed by atoms with E-state index >= 15 is 0 Å². The number of hydrogen-bond acceptors (Lipinski definition) is 6. The van der Waals surface area contributed by atoms with Crippen molar-refractivity contribution < 1.29 is 14.4 Å². The maximum absolute atomic E-state index is 13.7. The van der Waals surface area contributed by atoms with Crippen LogP contribution in [-0.4, -0.2) is 32.4 Å². The van der Waals surface area contributed by atoms with Gasteiger partial charge < -0.3 is 14.5 Å². The molecule has 3 heterocycles. The first-order valence-corrected chi connectivity index (χ1v) is 12.1. The molecule has 180 valence electrons. The number of carbonyl (C=O) groups excluding carboxylic acids is 1. The summed E-state index contributed by atoms with van der Waals surface area (Å²) in [5, 5.41) is 17.1. The molecule has 1 N–H and O–H groups in total. The molecule has 0 unspecified atom stereocenters. The summed E-state index contributed by atoms with van der Waals surface area (Å²) < 4.78 is 6.93. The van der Waals surface area contributed by atoms with Crippen LogP contribution >= 0.6 is 0 Å². The smallest absolute Gasteiger partial charge is 0.278 e. The summed E-state index contributed by atoms with van der Waals surface area (Å²) in [7, 11) is 0. The van der Waals surface area contributed by atoms with Crippen LogP contribution in [0.1, 0.15) is 44.2 Å². The van der Waals surface area contributed by atoms with Gasteiger partial charge in [0.05, 0.1) is 6.54 Å². The number of amides is 1. The molecule has 0 atom stereocenters. The highest BCUT2D eigenvalue weighted by Crippen LogP contribution is 2.56. The third-order valence-electron chi connectivity index (χ3n) is 7.92. The zero-order valence-electron chi connectivity index (χ0n) is 19.7. The number of hydrogen-bond donors (Lipinski definition) is 1. The van der Waals surface area contributed by atoms with Crippen molar-refractivity contribution in [1.29, 1.82) is 0 Å². The third kappa shape index (κ3) is 2.66. The van der Waals surface area contributed by atoms with Crippen LogP contribution in [0.5, 0.6) is 5.75 Å². The van der Waals surface area contributed by atoms with E-state index in [1.165, 1.54) is 28.3 Å². The van der Waals surface area contributed by atoms with E-state index in [-0.39, 0.29) is 24.8 Å². The Balaban J connectivity index is 1.48. The quantitative estimate of drug-likeness (QED) is 0.485. The number of aromatic hydroxyl groups is 1. The molecule has 2 aliphatic carbocycles. The normalized spacial score (nSPS) is 21.8. The Bertz CT molecular complexity index is 1550. The molecular formula is C28H24N4O4. The molecule has 0 saturated heterocycles. The topological polar surface area (TPSA) is 91.8 Å². The fourth-order valence-corrected chi connectivity index (χ4v) is 6.57. The molecular weight excluding hydrogens is 456 g/mol. The predicted octanol–water partition coefficient (Wildman–Crippen LogP) is 3.07. The summed E-state index contributed by atoms with van der Waals surface area (Å²) in [5.41, 5.74) is 4.37. The van der Waals surface area contributed by atoms with Gasteiger partial charge in [-0.15, -0.1) is 0 Å². The Labute approximate surface area is 207 Å². The van der Waals surface area contributed by atoms with E-state index in [0.717, 1.165) is 12.8 Å². The standard InChI is InChI=1S/C28H24N4O4/c1-17-12-21(29-36-17)15-30-16-32(31-11-10-24(33)26(34)25(31)27(30)35)28-20(13-18-6-2-4-8-22(18)28)14-19-7-3-5-9-23(19)28/h2-12,20,34H,13-16H2,1H3. The lowest BCUT2D eigenvalue weighted by Gasteiger charge is -2.50. The molecule has 2 aromatic carbocycles. The second-order valence-electron chi connectivity index (χ2n) is 9.88. The van der Waals surface area contributed by atoms with Gasteiger partial charge in [0.15, 0.2) is 11.4 Å². The number of benzene rings is 2. The van der Waals surface area contributed by atoms with Crippen LogP contribution in [0.2, 0.25) is 0 Å². The molecule has 0 saturated carbocycles. The van der Waals surface area contributed by atoms with Gasteiger partial charge in [-0.3, -0.25) is 19.3 Å². The van der Waals surface area contributed by atoms with E-state index in [4.69, 9.17) is 4.52 Å². The molecule has 0 fully saturated rings. The number of carbonyl (C=O) groups is 1. The zero-order valence-corrected chi connectivity index (χ0v) is 19.7. The highest BCUT2D eigenvalue weighted by atomic mass is 16.5. The molecule has 0 spiro atoms. The van der Waals surface area contributed by atoms with Crippen molar-refractivity contribution >= 4 is 5.91 Å². The Morgan fingerprint density at radius 1 is 1.03 bits per heavy atom. The highest BCUT2D eigenvalue weighted by Gasteiger charge is 2.58. The molecule has 8 heteroatoms. The largest absolute Gasteiger partial charge is 0.502 e. The number of aryl methyl sites for hydroxylation is 1. The number of pyridine rings is 1. The van der Waals surface area contributed by atoms with Gasteiger partial charge in [-0.05, 0) is 42.0 Å². The minimum Gasteiger partial charge on any atom is -0.502 e. The summed E-state index contributed by atoms with van der Waals surface area (Å²) in [6.07, 6.45) is 3.42. The maximum Gasteiger partial charge on any atom is 0.278 e. The van der Waals surface area contributed by atoms with E-state index in [9.17, 15) is 14.7 Å². The molecule has 0 radical (unpaired) electrons. The molecule has 4 aromatic rings. The average molecular weight is 481 g/mol. The second kappa shape index (κ2) is 7.34. The second-order valence-corrected chi connectivity index (χ2v) is 9.88. The fourth-order valence-electron chi connectivity index (χ4n) is 6.57. The molecule has 3 aliphatic rings. The number of aromatic nitrogens is 2. The van der Waals surface area contributed by atoms with Gasteiger partial charge in [0.1, 0.15) is 23.7 Å². The van der Waals surface area contributed by atoms with E-state index in [1.807, 2.05) is 0 Å². The minimum absolute atomic E-state index is 0.0316. The summed E-state index contributed by atoms with van der Waals surface area (Å²) in [6.45, 7) is 2.24.